The average molecular weight is 535 g/mol. The van der Waals surface area contributed by atoms with Crippen LogP contribution < -0.4 is 15.5 Å². The van der Waals surface area contributed by atoms with Gasteiger partial charge in [0.25, 0.3) is 5.91 Å². The number of pyridine rings is 1. The fourth-order valence-corrected chi connectivity index (χ4v) is 4.95. The number of aromatic nitrogens is 2. The minimum absolute atomic E-state index is 0.184. The third kappa shape index (κ3) is 6.00. The van der Waals surface area contributed by atoms with Crippen LogP contribution in [0.1, 0.15) is 35.7 Å². The maximum Gasteiger partial charge on any atom is 0.325 e. The molecule has 2 aromatic carbocycles. The number of carbonyl (C=O) groups excluding carboxylic acids is 2. The molecule has 3 heterocycles. The van der Waals surface area contributed by atoms with Crippen molar-refractivity contribution in [3.63, 3.8) is 0 Å². The van der Waals surface area contributed by atoms with Crippen LogP contribution in [0, 0.1) is 17.8 Å². The van der Waals surface area contributed by atoms with Crippen LogP contribution >= 0.6 is 0 Å². The molecule has 40 heavy (non-hydrogen) atoms. The van der Waals surface area contributed by atoms with Crippen molar-refractivity contribution in [2.24, 2.45) is 5.92 Å². The molecule has 1 aliphatic heterocycles. The van der Waals surface area contributed by atoms with E-state index >= 15 is 0 Å². The van der Waals surface area contributed by atoms with E-state index < -0.39 is 0 Å². The largest absolute Gasteiger partial charge is 0.344 e. The third-order valence-electron chi connectivity index (χ3n) is 7.47. The molecule has 8 nitrogen and oxygen atoms in total. The van der Waals surface area contributed by atoms with Gasteiger partial charge in [-0.05, 0) is 87.1 Å². The number of likely N-dealkylation sites (tertiary alicyclic amines) is 1. The quantitative estimate of drug-likeness (QED) is 0.339. The maximum atomic E-state index is 12.9. The lowest BCUT2D eigenvalue weighted by Crippen LogP contribution is -2.32. The summed E-state index contributed by atoms with van der Waals surface area (Å²) in [7, 11) is 3.56. The molecule has 1 saturated heterocycles. The van der Waals surface area contributed by atoms with Gasteiger partial charge in [-0.25, -0.2) is 9.78 Å². The van der Waals surface area contributed by atoms with Crippen LogP contribution in [0.25, 0.3) is 10.9 Å². The van der Waals surface area contributed by atoms with E-state index in [1.165, 1.54) is 0 Å². The van der Waals surface area contributed by atoms with Gasteiger partial charge in [-0.3, -0.25) is 9.36 Å². The highest BCUT2D eigenvalue weighted by molar-refractivity contribution is 6.04. The van der Waals surface area contributed by atoms with Crippen molar-refractivity contribution < 1.29 is 9.59 Å². The molecular weight excluding hydrogens is 500 g/mol. The summed E-state index contributed by atoms with van der Waals surface area (Å²) in [6, 6.07) is 18.7. The fourth-order valence-electron chi connectivity index (χ4n) is 4.95. The van der Waals surface area contributed by atoms with E-state index in [2.05, 4.69) is 39.3 Å². The Morgan fingerprint density at radius 3 is 2.50 bits per heavy atom. The summed E-state index contributed by atoms with van der Waals surface area (Å²) < 4.78 is 1.58. The van der Waals surface area contributed by atoms with Gasteiger partial charge in [0.2, 0.25) is 0 Å². The minimum atomic E-state index is -0.226. The molecule has 0 unspecified atom stereocenters. The van der Waals surface area contributed by atoms with Crippen molar-refractivity contribution in [2.75, 3.05) is 43.9 Å². The van der Waals surface area contributed by atoms with Gasteiger partial charge in [0.15, 0.2) is 0 Å². The Kier molecular flexibility index (Phi) is 8.13. The summed E-state index contributed by atoms with van der Waals surface area (Å²) in [5, 5.41) is 6.50. The number of hydrogen-bond acceptors (Lipinski definition) is 5. The molecule has 5 rings (SSSR count). The van der Waals surface area contributed by atoms with E-state index in [4.69, 9.17) is 0 Å². The summed E-state index contributed by atoms with van der Waals surface area (Å²) >= 11 is 0. The lowest BCUT2D eigenvalue weighted by atomic mass is 9.97. The van der Waals surface area contributed by atoms with Gasteiger partial charge in [-0.15, -0.1) is 0 Å². The second-order valence-corrected chi connectivity index (χ2v) is 9.95. The first-order valence-corrected chi connectivity index (χ1v) is 13.6. The Morgan fingerprint density at radius 1 is 1.02 bits per heavy atom. The summed E-state index contributed by atoms with van der Waals surface area (Å²) in [4.78, 5) is 33.8. The highest BCUT2D eigenvalue weighted by Gasteiger charge is 2.16. The van der Waals surface area contributed by atoms with E-state index in [1.54, 1.807) is 36.1 Å². The van der Waals surface area contributed by atoms with Crippen LogP contribution in [0.3, 0.4) is 0 Å². The zero-order chi connectivity index (χ0) is 28.1. The number of carbonyl (C=O) groups is 2. The van der Waals surface area contributed by atoms with Crippen molar-refractivity contribution in [1.29, 1.82) is 0 Å². The molecule has 8 heteroatoms. The lowest BCUT2D eigenvalue weighted by molar-refractivity contribution is 0.102. The van der Waals surface area contributed by atoms with E-state index in [0.29, 0.717) is 17.3 Å². The van der Waals surface area contributed by atoms with Gasteiger partial charge in [-0.2, -0.15) is 0 Å². The average Bonchev–Trinajstić information content (AvgIpc) is 3.43. The Morgan fingerprint density at radius 2 is 1.77 bits per heavy atom. The number of nitrogens with zero attached hydrogens (tertiary/aromatic N) is 4. The zero-order valence-corrected chi connectivity index (χ0v) is 23.1. The molecule has 0 atom stereocenters. The normalized spacial score (nSPS) is 13.9. The summed E-state index contributed by atoms with van der Waals surface area (Å²) in [5.74, 6) is 7.36. The number of fused-ring (bicyclic) bond motifs is 1. The van der Waals surface area contributed by atoms with E-state index in [9.17, 15) is 9.59 Å². The van der Waals surface area contributed by atoms with Crippen molar-refractivity contribution in [1.82, 2.24) is 19.8 Å². The van der Waals surface area contributed by atoms with Crippen molar-refractivity contribution in [3.05, 3.63) is 84.2 Å². The van der Waals surface area contributed by atoms with Gasteiger partial charge in [0.1, 0.15) is 5.82 Å². The van der Waals surface area contributed by atoms with Crippen LogP contribution in [0.2, 0.25) is 0 Å². The molecule has 0 saturated carbocycles. The minimum Gasteiger partial charge on any atom is -0.344 e. The molecule has 2 N–H and O–H groups in total. The SMILES string of the molecule is CCN1CCC(C#Cc2ccc(C(=O)Nc3cc(N(C)c4ccc5c(ccn5C(=O)NC)c4)ccn3)cc2)CC1. The number of anilines is 3. The van der Waals surface area contributed by atoms with E-state index in [-0.39, 0.29) is 11.9 Å². The second-order valence-electron chi connectivity index (χ2n) is 9.95. The number of nitrogens with one attached hydrogen (secondary N) is 2. The third-order valence-corrected chi connectivity index (χ3v) is 7.47. The fraction of sp³-hybridized carbons (Fsp3) is 0.281. The summed E-state index contributed by atoms with van der Waals surface area (Å²) in [6.45, 7) is 5.53. The molecule has 0 aliphatic carbocycles. The van der Waals surface area contributed by atoms with Gasteiger partial charge in [0.05, 0.1) is 5.52 Å². The second kappa shape index (κ2) is 12.1. The first-order chi connectivity index (χ1) is 19.4. The predicted octanol–water partition coefficient (Wildman–Crippen LogP) is 5.33. The highest BCUT2D eigenvalue weighted by atomic mass is 16.2. The molecular formula is C32H34N6O2. The Labute approximate surface area is 235 Å². The van der Waals surface area contributed by atoms with Crippen molar-refractivity contribution in [3.8, 4) is 11.8 Å². The van der Waals surface area contributed by atoms with Crippen LogP contribution in [-0.4, -0.2) is 60.1 Å². The monoisotopic (exact) mass is 534 g/mol. The molecule has 1 fully saturated rings. The molecule has 204 valence electrons. The van der Waals surface area contributed by atoms with Crippen LogP contribution in [0.15, 0.2) is 73.1 Å². The maximum absolute atomic E-state index is 12.9. The first kappa shape index (κ1) is 27.0. The van der Waals surface area contributed by atoms with Gasteiger partial charge in [0, 0.05) is 66.4 Å². The van der Waals surface area contributed by atoms with Crippen LogP contribution in [0.4, 0.5) is 22.0 Å². The Bertz CT molecular complexity index is 1570. The Hall–Kier alpha value is -4.61. The van der Waals surface area contributed by atoms with Crippen LogP contribution in [0.5, 0.6) is 0 Å². The van der Waals surface area contributed by atoms with E-state index in [1.807, 2.05) is 60.5 Å². The summed E-state index contributed by atoms with van der Waals surface area (Å²) in [5.41, 5.74) is 4.10. The molecule has 1 aliphatic rings. The standard InChI is InChI=1S/C32H34N6O2/c1-4-37-18-14-24(15-19-37)6-5-23-7-9-25(10-8-23)31(39)35-30-22-28(13-17-34-30)36(3)27-11-12-29-26(21-27)16-20-38(29)32(40)33-2/h7-13,16-17,20-22,24H,4,14-15,18-19H2,1-3H3,(H,33,40)(H,34,35,39). The number of benzene rings is 2. The Balaban J connectivity index is 1.23. The topological polar surface area (TPSA) is 82.5 Å². The highest BCUT2D eigenvalue weighted by Crippen LogP contribution is 2.28. The molecule has 0 spiro atoms. The predicted molar refractivity (Wildman–Crippen MR) is 160 cm³/mol. The smallest absolute Gasteiger partial charge is 0.325 e. The zero-order valence-electron chi connectivity index (χ0n) is 23.1. The van der Waals surface area contributed by atoms with Gasteiger partial charge in [-0.1, -0.05) is 18.8 Å². The molecule has 2 amide bonds. The number of rotatable bonds is 5. The van der Waals surface area contributed by atoms with E-state index in [0.717, 1.165) is 60.3 Å². The number of hydrogen-bond donors (Lipinski definition) is 2. The molecule has 4 aromatic rings. The van der Waals surface area contributed by atoms with Crippen LogP contribution in [-0.2, 0) is 0 Å². The number of piperidine rings is 1. The molecule has 0 radical (unpaired) electrons. The summed E-state index contributed by atoms with van der Waals surface area (Å²) in [6.07, 6.45) is 5.65. The molecule has 0 bridgehead atoms. The first-order valence-electron chi connectivity index (χ1n) is 13.6. The van der Waals surface area contributed by atoms with Gasteiger partial charge >= 0.3 is 6.03 Å². The van der Waals surface area contributed by atoms with Crippen molar-refractivity contribution in [2.45, 2.75) is 19.8 Å². The van der Waals surface area contributed by atoms with Gasteiger partial charge < -0.3 is 20.4 Å². The van der Waals surface area contributed by atoms with Crippen molar-refractivity contribution >= 4 is 40.0 Å². The lowest BCUT2D eigenvalue weighted by Gasteiger charge is -2.28. The molecule has 2 aromatic heterocycles. The number of amides is 2.